The topological polar surface area (TPSA) is 78.0 Å². The van der Waals surface area contributed by atoms with Gasteiger partial charge in [0.2, 0.25) is 0 Å². The highest BCUT2D eigenvalue weighted by Crippen LogP contribution is 2.21. The molecule has 2 amide bonds. The molecule has 0 bridgehead atoms. The van der Waals surface area contributed by atoms with Crippen LogP contribution in [-0.4, -0.2) is 73.7 Å². The summed E-state index contributed by atoms with van der Waals surface area (Å²) in [5, 5.41) is 3.31. The van der Waals surface area contributed by atoms with E-state index in [2.05, 4.69) is 10.3 Å². The number of benzene rings is 1. The number of hydrogen-bond donors (Lipinski definition) is 1. The average molecular weight is 397 g/mol. The van der Waals surface area contributed by atoms with E-state index < -0.39 is 0 Å². The molecule has 0 spiro atoms. The summed E-state index contributed by atoms with van der Waals surface area (Å²) in [5.74, 6) is -0.139. The van der Waals surface area contributed by atoms with Crippen molar-refractivity contribution >= 4 is 29.1 Å². The van der Waals surface area contributed by atoms with Crippen molar-refractivity contribution in [3.8, 4) is 0 Å². The fraction of sp³-hybridized carbons (Fsp3) is 0.381. The monoisotopic (exact) mass is 397 g/mol. The summed E-state index contributed by atoms with van der Waals surface area (Å²) in [5.41, 5.74) is 3.22. The number of pyridine rings is 1. The van der Waals surface area contributed by atoms with E-state index in [4.69, 9.17) is 4.74 Å². The van der Waals surface area contributed by atoms with Crippen molar-refractivity contribution in [1.29, 1.82) is 0 Å². The molecule has 0 aliphatic carbocycles. The summed E-state index contributed by atoms with van der Waals surface area (Å²) in [6.45, 7) is 3.97. The van der Waals surface area contributed by atoms with Crippen molar-refractivity contribution < 1.29 is 14.3 Å². The highest BCUT2D eigenvalue weighted by Gasteiger charge is 2.26. The van der Waals surface area contributed by atoms with Crippen LogP contribution in [0.3, 0.4) is 0 Å². The van der Waals surface area contributed by atoms with Gasteiger partial charge < -0.3 is 24.8 Å². The van der Waals surface area contributed by atoms with Gasteiger partial charge in [0.15, 0.2) is 0 Å². The molecule has 8 nitrogen and oxygen atoms in total. The largest absolute Gasteiger partial charge is 0.450 e. The maximum Gasteiger partial charge on any atom is 0.409 e. The normalized spacial score (nSPS) is 13.8. The lowest BCUT2D eigenvalue weighted by molar-refractivity contribution is 0.0566. The van der Waals surface area contributed by atoms with E-state index in [1.54, 1.807) is 29.0 Å². The number of anilines is 3. The number of rotatable bonds is 5. The van der Waals surface area contributed by atoms with Crippen molar-refractivity contribution in [2.75, 3.05) is 57.1 Å². The van der Waals surface area contributed by atoms with E-state index in [0.29, 0.717) is 38.5 Å². The molecule has 1 saturated heterocycles. The first-order valence-corrected chi connectivity index (χ1v) is 9.69. The number of nitrogens with zero attached hydrogens (tertiary/aromatic N) is 4. The highest BCUT2D eigenvalue weighted by atomic mass is 16.6. The Hall–Kier alpha value is -3.29. The Labute approximate surface area is 171 Å². The Morgan fingerprint density at radius 3 is 2.31 bits per heavy atom. The Morgan fingerprint density at radius 1 is 1.03 bits per heavy atom. The van der Waals surface area contributed by atoms with Gasteiger partial charge in [0.25, 0.3) is 5.91 Å². The molecular weight excluding hydrogens is 370 g/mol. The number of aromatic nitrogens is 1. The molecule has 1 fully saturated rings. The molecule has 0 atom stereocenters. The molecule has 1 aromatic carbocycles. The summed E-state index contributed by atoms with van der Waals surface area (Å²) >= 11 is 0. The van der Waals surface area contributed by atoms with Crippen LogP contribution in [0, 0.1) is 0 Å². The van der Waals surface area contributed by atoms with Gasteiger partial charge in [-0.2, -0.15) is 0 Å². The van der Waals surface area contributed by atoms with Gasteiger partial charge in [-0.05, 0) is 43.3 Å². The quantitative estimate of drug-likeness (QED) is 0.836. The minimum absolute atomic E-state index is 0.139. The zero-order valence-corrected chi connectivity index (χ0v) is 17.1. The molecule has 1 aliphatic heterocycles. The van der Waals surface area contributed by atoms with E-state index in [1.165, 1.54) is 0 Å². The lowest BCUT2D eigenvalue weighted by Gasteiger charge is -2.33. The van der Waals surface area contributed by atoms with E-state index >= 15 is 0 Å². The third kappa shape index (κ3) is 5.16. The maximum absolute atomic E-state index is 12.8. The fourth-order valence-corrected chi connectivity index (χ4v) is 3.10. The molecule has 0 radical (unpaired) electrons. The van der Waals surface area contributed by atoms with Crippen LogP contribution >= 0.6 is 0 Å². The van der Waals surface area contributed by atoms with Crippen molar-refractivity contribution in [3.05, 3.63) is 48.3 Å². The first kappa shape index (κ1) is 20.4. The van der Waals surface area contributed by atoms with Crippen molar-refractivity contribution in [2.24, 2.45) is 0 Å². The Morgan fingerprint density at radius 2 is 1.69 bits per heavy atom. The average Bonchev–Trinajstić information content (AvgIpc) is 2.74. The van der Waals surface area contributed by atoms with Gasteiger partial charge in [-0.1, -0.05) is 0 Å². The molecule has 1 aromatic heterocycles. The maximum atomic E-state index is 12.8. The smallest absolute Gasteiger partial charge is 0.409 e. The lowest BCUT2D eigenvalue weighted by atomic mass is 10.2. The molecule has 0 unspecified atom stereocenters. The SMILES string of the molecule is CCOC(=O)N1CCN(C(=O)c2cc(Nc3ccc(N(C)C)cc3)ccn2)CC1. The molecule has 2 heterocycles. The van der Waals surface area contributed by atoms with Crippen LogP contribution in [0.15, 0.2) is 42.6 Å². The number of carbonyl (C=O) groups excluding carboxylic acids is 2. The highest BCUT2D eigenvalue weighted by molar-refractivity contribution is 5.93. The summed E-state index contributed by atoms with van der Waals surface area (Å²) in [7, 11) is 3.99. The lowest BCUT2D eigenvalue weighted by Crippen LogP contribution is -2.50. The van der Waals surface area contributed by atoms with Gasteiger partial charge in [-0.3, -0.25) is 9.78 Å². The molecule has 0 saturated carbocycles. The summed E-state index contributed by atoms with van der Waals surface area (Å²) in [6.07, 6.45) is 1.29. The molecule has 8 heteroatoms. The number of amides is 2. The second-order valence-corrected chi connectivity index (χ2v) is 6.97. The van der Waals surface area contributed by atoms with E-state index in [-0.39, 0.29) is 12.0 Å². The second-order valence-electron chi connectivity index (χ2n) is 6.97. The second kappa shape index (κ2) is 9.27. The van der Waals surface area contributed by atoms with Crippen LogP contribution in [0.5, 0.6) is 0 Å². The molecule has 1 N–H and O–H groups in total. The standard InChI is InChI=1S/C21H27N5O3/c1-4-29-21(28)26-13-11-25(12-14-26)20(27)19-15-17(9-10-22-19)23-16-5-7-18(8-6-16)24(2)3/h5-10,15H,4,11-14H2,1-3H3,(H,22,23). The Balaban J connectivity index is 1.62. The Kier molecular flexibility index (Phi) is 6.54. The van der Waals surface area contributed by atoms with Gasteiger partial charge in [0.05, 0.1) is 6.61 Å². The van der Waals surface area contributed by atoms with E-state index in [9.17, 15) is 9.59 Å². The molecule has 3 rings (SSSR count). The number of ether oxygens (including phenoxy) is 1. The molecule has 154 valence electrons. The number of carbonyl (C=O) groups is 2. The summed E-state index contributed by atoms with van der Waals surface area (Å²) in [6, 6.07) is 11.6. The number of piperazine rings is 1. The molecule has 2 aromatic rings. The van der Waals surface area contributed by atoms with Crippen molar-refractivity contribution in [1.82, 2.24) is 14.8 Å². The third-order valence-corrected chi connectivity index (χ3v) is 4.74. The van der Waals surface area contributed by atoms with Gasteiger partial charge in [-0.25, -0.2) is 4.79 Å². The van der Waals surface area contributed by atoms with Gasteiger partial charge in [-0.15, -0.1) is 0 Å². The molecular formula is C21H27N5O3. The molecule has 29 heavy (non-hydrogen) atoms. The van der Waals surface area contributed by atoms with Gasteiger partial charge >= 0.3 is 6.09 Å². The minimum Gasteiger partial charge on any atom is -0.450 e. The van der Waals surface area contributed by atoms with Crippen LogP contribution in [0.1, 0.15) is 17.4 Å². The van der Waals surface area contributed by atoms with Crippen molar-refractivity contribution in [3.63, 3.8) is 0 Å². The summed E-state index contributed by atoms with van der Waals surface area (Å²) < 4.78 is 5.01. The number of hydrogen-bond acceptors (Lipinski definition) is 6. The van der Waals surface area contributed by atoms with E-state index in [0.717, 1.165) is 17.1 Å². The van der Waals surface area contributed by atoms with Crippen LogP contribution in [-0.2, 0) is 4.74 Å². The van der Waals surface area contributed by atoms with Crippen LogP contribution in [0.4, 0.5) is 21.9 Å². The van der Waals surface area contributed by atoms with Gasteiger partial charge in [0, 0.05) is 63.5 Å². The van der Waals surface area contributed by atoms with Gasteiger partial charge in [0.1, 0.15) is 5.69 Å². The van der Waals surface area contributed by atoms with Crippen LogP contribution in [0.25, 0.3) is 0 Å². The van der Waals surface area contributed by atoms with Crippen molar-refractivity contribution in [2.45, 2.75) is 6.92 Å². The zero-order valence-electron chi connectivity index (χ0n) is 17.1. The third-order valence-electron chi connectivity index (χ3n) is 4.74. The number of nitrogens with one attached hydrogen (secondary N) is 1. The van der Waals surface area contributed by atoms with Crippen LogP contribution in [0.2, 0.25) is 0 Å². The van der Waals surface area contributed by atoms with E-state index in [1.807, 2.05) is 49.3 Å². The fourth-order valence-electron chi connectivity index (χ4n) is 3.10. The van der Waals surface area contributed by atoms with Crippen LogP contribution < -0.4 is 10.2 Å². The Bertz CT molecular complexity index is 846. The first-order valence-electron chi connectivity index (χ1n) is 9.69. The molecule has 1 aliphatic rings. The first-order chi connectivity index (χ1) is 14.0. The zero-order chi connectivity index (χ0) is 20.8. The predicted molar refractivity (Wildman–Crippen MR) is 113 cm³/mol. The summed E-state index contributed by atoms with van der Waals surface area (Å²) in [4.78, 5) is 34.2. The minimum atomic E-state index is -0.329. The predicted octanol–water partition coefficient (Wildman–Crippen LogP) is 2.81.